The molecule has 1 aromatic rings. The lowest BCUT2D eigenvalue weighted by Gasteiger charge is -2.50. The molecule has 0 fully saturated rings. The molecule has 0 aromatic heterocycles. The topological polar surface area (TPSA) is 183 Å². The summed E-state index contributed by atoms with van der Waals surface area (Å²) in [6.45, 7) is 7.22. The summed E-state index contributed by atoms with van der Waals surface area (Å²) in [7, 11) is 3.16. The number of carbonyl (C=O) groups excluding carboxylic acids is 3. The van der Waals surface area contributed by atoms with Gasteiger partial charge >= 0.3 is 0 Å². The average Bonchev–Trinajstić information content (AvgIpc) is 2.79. The van der Waals surface area contributed by atoms with Crippen LogP contribution in [0.1, 0.15) is 55.6 Å². The maximum atomic E-state index is 13.8. The molecule has 4 rings (SSSR count). The van der Waals surface area contributed by atoms with E-state index in [0.717, 1.165) is 0 Å². The molecular formula is C27H33N3O8. The lowest BCUT2D eigenvalue weighted by atomic mass is 9.58. The van der Waals surface area contributed by atoms with E-state index in [9.17, 15) is 34.8 Å². The van der Waals surface area contributed by atoms with Crippen molar-refractivity contribution in [2.24, 2.45) is 22.7 Å². The number of aromatic hydroxyl groups is 1. The average molecular weight is 528 g/mol. The molecule has 0 aliphatic heterocycles. The molecule has 204 valence electrons. The summed E-state index contributed by atoms with van der Waals surface area (Å²) in [4.78, 5) is 46.2. The number of fused-ring (bicyclic) bond motifs is 3. The van der Waals surface area contributed by atoms with Crippen molar-refractivity contribution in [3.05, 3.63) is 51.5 Å². The van der Waals surface area contributed by atoms with E-state index in [0.29, 0.717) is 16.8 Å². The molecule has 38 heavy (non-hydrogen) atoms. The third-order valence-electron chi connectivity index (χ3n) is 7.45. The van der Waals surface area contributed by atoms with E-state index in [4.69, 9.17) is 10.6 Å². The first kappa shape index (κ1) is 27.3. The number of ketones is 2. The monoisotopic (exact) mass is 527 g/mol. The first-order valence-electron chi connectivity index (χ1n) is 12.2. The van der Waals surface area contributed by atoms with Gasteiger partial charge in [-0.1, -0.05) is 5.16 Å². The van der Waals surface area contributed by atoms with Crippen LogP contribution in [-0.4, -0.2) is 79.9 Å². The number of aliphatic hydroxyl groups excluding tert-OH is 2. The van der Waals surface area contributed by atoms with Gasteiger partial charge in [-0.3, -0.25) is 19.3 Å². The summed E-state index contributed by atoms with van der Waals surface area (Å²) >= 11 is 0. The highest BCUT2D eigenvalue weighted by Gasteiger charge is 2.63. The van der Waals surface area contributed by atoms with Crippen LogP contribution in [0.15, 0.2) is 40.0 Å². The second-order valence-corrected chi connectivity index (χ2v) is 11.3. The minimum absolute atomic E-state index is 0.00946. The third kappa shape index (κ3) is 3.97. The molecule has 11 nitrogen and oxygen atoms in total. The first-order valence-corrected chi connectivity index (χ1v) is 12.2. The zero-order valence-electron chi connectivity index (χ0n) is 22.2. The number of phenolic OH excluding ortho intramolecular Hbond substituents is 1. The number of carbonyl (C=O) groups is 3. The van der Waals surface area contributed by atoms with E-state index in [2.05, 4.69) is 5.16 Å². The third-order valence-corrected chi connectivity index (χ3v) is 7.45. The van der Waals surface area contributed by atoms with Gasteiger partial charge in [-0.05, 0) is 78.2 Å². The van der Waals surface area contributed by atoms with Crippen LogP contribution in [0.5, 0.6) is 5.75 Å². The van der Waals surface area contributed by atoms with E-state index < -0.39 is 63.6 Å². The number of rotatable bonds is 4. The van der Waals surface area contributed by atoms with Crippen molar-refractivity contribution in [3.63, 3.8) is 0 Å². The van der Waals surface area contributed by atoms with Gasteiger partial charge in [0.05, 0.1) is 17.3 Å². The van der Waals surface area contributed by atoms with Crippen LogP contribution in [0, 0.1) is 11.8 Å². The van der Waals surface area contributed by atoms with Crippen LogP contribution in [0.3, 0.4) is 0 Å². The normalized spacial score (nSPS) is 27.8. The van der Waals surface area contributed by atoms with Gasteiger partial charge in [0, 0.05) is 17.1 Å². The zero-order valence-corrected chi connectivity index (χ0v) is 22.2. The maximum absolute atomic E-state index is 13.8. The number of aliphatic hydroxyl groups is 3. The minimum Gasteiger partial charge on any atom is -0.510 e. The standard InChI is InChI=1S/C27H33N3O8/c1-11(29-38-26(2,3)4)13-7-8-16(31)18-14(13)9-12-10-15-20(30(5)6)22(33)19(25(28)36)24(35)27(15,37)23(34)17(12)21(18)32/h7-8,12,15,20,31,33-34,37H,9-10H2,1-6H3,(H2,28,36)/b29-11+/t12-,15-,20-,27-/m0/s1. The van der Waals surface area contributed by atoms with Gasteiger partial charge in [0.15, 0.2) is 11.4 Å². The van der Waals surface area contributed by atoms with Crippen molar-refractivity contribution >= 4 is 23.2 Å². The number of allylic oxidation sites excluding steroid dienone is 1. The lowest BCUT2D eigenvalue weighted by Crippen LogP contribution is -2.63. The molecular weight excluding hydrogens is 494 g/mol. The fourth-order valence-corrected chi connectivity index (χ4v) is 5.84. The van der Waals surface area contributed by atoms with E-state index in [1.807, 2.05) is 20.8 Å². The van der Waals surface area contributed by atoms with Crippen molar-refractivity contribution in [1.29, 1.82) is 0 Å². The van der Waals surface area contributed by atoms with Crippen molar-refractivity contribution in [2.45, 2.75) is 57.8 Å². The number of oxime groups is 1. The number of hydrogen-bond donors (Lipinski definition) is 5. The highest BCUT2D eigenvalue weighted by molar-refractivity contribution is 6.25. The Morgan fingerprint density at radius 2 is 1.82 bits per heavy atom. The number of Topliss-reactive ketones (excluding diaryl/α,β-unsaturated/α-hetero) is 2. The highest BCUT2D eigenvalue weighted by atomic mass is 16.6. The van der Waals surface area contributed by atoms with Crippen LogP contribution in [0.4, 0.5) is 0 Å². The fourth-order valence-electron chi connectivity index (χ4n) is 5.84. The smallest absolute Gasteiger partial charge is 0.255 e. The number of phenols is 1. The Hall–Kier alpha value is -3.70. The second kappa shape index (κ2) is 8.95. The largest absolute Gasteiger partial charge is 0.510 e. The molecule has 0 saturated carbocycles. The summed E-state index contributed by atoms with van der Waals surface area (Å²) in [5, 5.41) is 48.7. The van der Waals surface area contributed by atoms with Crippen LogP contribution < -0.4 is 5.73 Å². The number of likely N-dealkylation sites (N-methyl/N-ethyl adjacent to an activating group) is 1. The molecule has 0 saturated heterocycles. The fraction of sp³-hybridized carbons (Fsp3) is 0.481. The van der Waals surface area contributed by atoms with E-state index in [1.54, 1.807) is 27.1 Å². The van der Waals surface area contributed by atoms with Gasteiger partial charge in [0.1, 0.15) is 28.4 Å². The van der Waals surface area contributed by atoms with Crippen molar-refractivity contribution in [2.75, 3.05) is 14.1 Å². The van der Waals surface area contributed by atoms with Crippen molar-refractivity contribution < 1.29 is 39.6 Å². The number of primary amides is 1. The Morgan fingerprint density at radius 3 is 2.37 bits per heavy atom. The van der Waals surface area contributed by atoms with E-state index >= 15 is 0 Å². The van der Waals surface area contributed by atoms with E-state index in [1.165, 1.54) is 11.0 Å². The molecule has 11 heteroatoms. The SMILES string of the molecule is C/C(=N\OC(C)(C)C)c1ccc(O)c2c1C[C@H]1C[C@H]3[C@H](N(C)C)C(O)=C(C(N)=O)C(=O)[C@@]3(O)C(O)=C1C2=O. The minimum atomic E-state index is -2.67. The Kier molecular flexibility index (Phi) is 6.44. The van der Waals surface area contributed by atoms with Crippen LogP contribution in [0.25, 0.3) is 0 Å². The molecule has 0 bridgehead atoms. The Balaban J connectivity index is 1.91. The van der Waals surface area contributed by atoms with Crippen LogP contribution >= 0.6 is 0 Å². The molecule has 1 amide bonds. The summed E-state index contributed by atoms with van der Waals surface area (Å²) in [6, 6.07) is 1.91. The lowest BCUT2D eigenvalue weighted by molar-refractivity contribution is -0.148. The maximum Gasteiger partial charge on any atom is 0.255 e. The summed E-state index contributed by atoms with van der Waals surface area (Å²) in [5.41, 5.74) is 2.52. The van der Waals surface area contributed by atoms with Crippen molar-refractivity contribution in [3.8, 4) is 5.75 Å². The molecule has 1 aromatic carbocycles. The number of nitrogens with two attached hydrogens (primary N) is 1. The van der Waals surface area contributed by atoms with Crippen LogP contribution in [0.2, 0.25) is 0 Å². The molecule has 3 aliphatic rings. The number of amides is 1. The van der Waals surface area contributed by atoms with Crippen molar-refractivity contribution in [1.82, 2.24) is 4.90 Å². The molecule has 0 heterocycles. The van der Waals surface area contributed by atoms with Gasteiger partial charge in [-0.2, -0.15) is 0 Å². The highest BCUT2D eigenvalue weighted by Crippen LogP contribution is 2.52. The molecule has 0 unspecified atom stereocenters. The molecule has 0 radical (unpaired) electrons. The Bertz CT molecular complexity index is 1350. The number of nitrogens with zero attached hydrogens (tertiary/aromatic N) is 2. The van der Waals surface area contributed by atoms with Gasteiger partial charge in [-0.15, -0.1) is 0 Å². The zero-order chi connectivity index (χ0) is 28.5. The quantitative estimate of drug-likeness (QED) is 0.221. The van der Waals surface area contributed by atoms with Gasteiger partial charge in [0.25, 0.3) is 5.91 Å². The summed E-state index contributed by atoms with van der Waals surface area (Å²) in [5.74, 6) is -6.88. The Labute approximate surface area is 219 Å². The summed E-state index contributed by atoms with van der Waals surface area (Å²) in [6.07, 6.45) is 0.177. The molecule has 3 aliphatic carbocycles. The predicted molar refractivity (Wildman–Crippen MR) is 137 cm³/mol. The second-order valence-electron chi connectivity index (χ2n) is 11.3. The van der Waals surface area contributed by atoms with Gasteiger partial charge in [-0.25, -0.2) is 0 Å². The van der Waals surface area contributed by atoms with Gasteiger partial charge < -0.3 is 31.0 Å². The number of benzene rings is 1. The van der Waals surface area contributed by atoms with E-state index in [-0.39, 0.29) is 29.7 Å². The van der Waals surface area contributed by atoms with Gasteiger partial charge in [0.2, 0.25) is 5.78 Å². The van der Waals surface area contributed by atoms with Crippen LogP contribution in [-0.2, 0) is 20.8 Å². The predicted octanol–water partition coefficient (Wildman–Crippen LogP) is 1.66. The molecule has 4 atom stereocenters. The first-order chi connectivity index (χ1) is 17.5. The molecule has 0 spiro atoms. The number of hydrogen-bond acceptors (Lipinski definition) is 10. The Morgan fingerprint density at radius 1 is 1.18 bits per heavy atom. The summed E-state index contributed by atoms with van der Waals surface area (Å²) < 4.78 is 0. The molecule has 6 N–H and O–H groups in total.